The molecule has 0 amide bonds. The van der Waals surface area contributed by atoms with Gasteiger partial charge in [-0.3, -0.25) is 4.68 Å². The van der Waals surface area contributed by atoms with Crippen molar-refractivity contribution in [2.75, 3.05) is 13.1 Å². The van der Waals surface area contributed by atoms with Gasteiger partial charge in [-0.1, -0.05) is 0 Å². The van der Waals surface area contributed by atoms with Crippen molar-refractivity contribution in [3.05, 3.63) is 41.6 Å². The summed E-state index contributed by atoms with van der Waals surface area (Å²) in [5, 5.41) is 7.67. The summed E-state index contributed by atoms with van der Waals surface area (Å²) in [6.45, 7) is 1.50. The predicted octanol–water partition coefficient (Wildman–Crippen LogP) is 2.36. The Labute approximate surface area is 165 Å². The van der Waals surface area contributed by atoms with Crippen LogP contribution in [0.2, 0.25) is 0 Å². The van der Waals surface area contributed by atoms with E-state index in [1.54, 1.807) is 19.2 Å². The Morgan fingerprint density at radius 2 is 1.90 bits per heavy atom. The topological polar surface area (TPSA) is 85.4 Å². The number of fused-ring (bicyclic) bond motifs is 1. The van der Waals surface area contributed by atoms with Gasteiger partial charge in [-0.2, -0.15) is 14.5 Å². The molecule has 0 atom stereocenters. The van der Waals surface area contributed by atoms with Crippen LogP contribution >= 0.6 is 0 Å². The van der Waals surface area contributed by atoms with E-state index in [4.69, 9.17) is 0 Å². The van der Waals surface area contributed by atoms with Crippen LogP contribution in [0, 0.1) is 6.92 Å². The van der Waals surface area contributed by atoms with E-state index in [0.29, 0.717) is 16.8 Å². The Kier molecular flexibility index (Phi) is 4.65. The van der Waals surface area contributed by atoms with Gasteiger partial charge in [-0.25, -0.2) is 31.1 Å². The average molecular weight is 428 g/mol. The monoisotopic (exact) mass is 428 g/mol. The third-order valence-corrected chi connectivity index (χ3v) is 7.31. The van der Waals surface area contributed by atoms with Crippen molar-refractivity contribution in [3.8, 4) is 0 Å². The molecule has 1 aliphatic heterocycles. The lowest BCUT2D eigenvalue weighted by molar-refractivity contribution is 0.0855. The number of aryl methyl sites for hydroxylation is 2. The molecule has 8 nitrogen and oxygen atoms in total. The van der Waals surface area contributed by atoms with Crippen LogP contribution in [0.1, 0.15) is 36.1 Å². The Balaban J connectivity index is 1.61. The Morgan fingerprint density at radius 3 is 2.55 bits per heavy atom. The van der Waals surface area contributed by atoms with Gasteiger partial charge in [0.1, 0.15) is 22.6 Å². The summed E-state index contributed by atoms with van der Waals surface area (Å²) >= 11 is 0. The Bertz CT molecular complexity index is 1170. The van der Waals surface area contributed by atoms with E-state index in [9.17, 15) is 17.2 Å². The predicted molar refractivity (Wildman–Crippen MR) is 96.7 cm³/mol. The quantitative estimate of drug-likeness (QED) is 0.637. The van der Waals surface area contributed by atoms with Crippen LogP contribution < -0.4 is 0 Å². The van der Waals surface area contributed by atoms with Gasteiger partial charge >= 0.3 is 0 Å². The second-order valence-corrected chi connectivity index (χ2v) is 9.03. The molecule has 0 spiro atoms. The SMILES string of the molecule is Cc1cc2ncnn2cc1C1(F)CCN(S(=O)(=O)c2cnn(C)c2C(F)F)CC1. The highest BCUT2D eigenvalue weighted by atomic mass is 32.2. The number of pyridine rings is 1. The van der Waals surface area contributed by atoms with E-state index < -0.39 is 32.7 Å². The van der Waals surface area contributed by atoms with Crippen molar-refractivity contribution in [3.63, 3.8) is 0 Å². The van der Waals surface area contributed by atoms with E-state index in [-0.39, 0.29) is 25.9 Å². The number of hydrogen-bond donors (Lipinski definition) is 0. The molecule has 1 fully saturated rings. The molecule has 0 unspecified atom stereocenters. The molecule has 0 saturated carbocycles. The van der Waals surface area contributed by atoms with Crippen molar-refractivity contribution in [2.45, 2.75) is 36.8 Å². The summed E-state index contributed by atoms with van der Waals surface area (Å²) in [6, 6.07) is 1.72. The lowest BCUT2D eigenvalue weighted by Crippen LogP contribution is -2.43. The highest BCUT2D eigenvalue weighted by Crippen LogP contribution is 2.40. The molecule has 0 aliphatic carbocycles. The molecular weight excluding hydrogens is 409 g/mol. The highest BCUT2D eigenvalue weighted by molar-refractivity contribution is 7.89. The molecule has 4 heterocycles. The van der Waals surface area contributed by atoms with E-state index in [0.717, 1.165) is 15.2 Å². The lowest BCUT2D eigenvalue weighted by Gasteiger charge is -2.36. The average Bonchev–Trinajstić information content (AvgIpc) is 3.27. The van der Waals surface area contributed by atoms with Crippen molar-refractivity contribution in [1.29, 1.82) is 0 Å². The number of hydrogen-bond acceptors (Lipinski definition) is 5. The summed E-state index contributed by atoms with van der Waals surface area (Å²) < 4.78 is 71.4. The molecule has 3 aromatic heterocycles. The van der Waals surface area contributed by atoms with Gasteiger partial charge < -0.3 is 0 Å². The van der Waals surface area contributed by atoms with Crippen LogP contribution in [0.5, 0.6) is 0 Å². The second-order valence-electron chi connectivity index (χ2n) is 7.12. The van der Waals surface area contributed by atoms with E-state index >= 15 is 4.39 Å². The fraction of sp³-hybridized carbons (Fsp3) is 0.471. The fourth-order valence-electron chi connectivity index (χ4n) is 3.79. The van der Waals surface area contributed by atoms with E-state index in [2.05, 4.69) is 15.2 Å². The van der Waals surface area contributed by atoms with Gasteiger partial charge in [0.25, 0.3) is 6.43 Å². The molecule has 0 radical (unpaired) electrons. The minimum absolute atomic E-state index is 0.0997. The Hall–Kier alpha value is -2.47. The zero-order valence-electron chi connectivity index (χ0n) is 15.8. The lowest BCUT2D eigenvalue weighted by atomic mass is 9.85. The number of nitrogens with zero attached hydrogens (tertiary/aromatic N) is 6. The number of alkyl halides is 3. The Morgan fingerprint density at radius 1 is 1.21 bits per heavy atom. The minimum Gasteiger partial charge on any atom is -0.265 e. The van der Waals surface area contributed by atoms with Crippen LogP contribution in [0.25, 0.3) is 5.65 Å². The molecule has 1 saturated heterocycles. The van der Waals surface area contributed by atoms with E-state index in [1.165, 1.54) is 17.9 Å². The zero-order chi connectivity index (χ0) is 21.0. The summed E-state index contributed by atoms with van der Waals surface area (Å²) in [6.07, 6.45) is 0.658. The molecule has 0 bridgehead atoms. The first-order valence-electron chi connectivity index (χ1n) is 8.93. The molecule has 3 aromatic rings. The third-order valence-electron chi connectivity index (χ3n) is 5.39. The summed E-state index contributed by atoms with van der Waals surface area (Å²) in [4.78, 5) is 3.52. The summed E-state index contributed by atoms with van der Waals surface area (Å²) in [7, 11) is -2.95. The first kappa shape index (κ1) is 19.8. The minimum atomic E-state index is -4.21. The van der Waals surface area contributed by atoms with Crippen molar-refractivity contribution in [1.82, 2.24) is 28.7 Å². The molecule has 156 valence electrons. The maximum Gasteiger partial charge on any atom is 0.281 e. The molecule has 1 aliphatic rings. The number of halogens is 3. The molecule has 12 heteroatoms. The smallest absolute Gasteiger partial charge is 0.265 e. The number of piperidine rings is 1. The van der Waals surface area contributed by atoms with Gasteiger partial charge in [0.05, 0.1) is 6.20 Å². The van der Waals surface area contributed by atoms with Crippen LogP contribution in [-0.2, 0) is 22.7 Å². The van der Waals surface area contributed by atoms with Crippen LogP contribution in [0.4, 0.5) is 13.2 Å². The highest BCUT2D eigenvalue weighted by Gasteiger charge is 2.42. The normalized spacial score (nSPS) is 18.0. The summed E-state index contributed by atoms with van der Waals surface area (Å²) in [5.41, 5.74) is -0.726. The second kappa shape index (κ2) is 6.80. The van der Waals surface area contributed by atoms with Gasteiger partial charge in [-0.05, 0) is 31.4 Å². The number of aromatic nitrogens is 5. The van der Waals surface area contributed by atoms with Crippen LogP contribution in [0.15, 0.2) is 29.7 Å². The first-order chi connectivity index (χ1) is 13.6. The van der Waals surface area contributed by atoms with Crippen LogP contribution in [0.3, 0.4) is 0 Å². The van der Waals surface area contributed by atoms with Crippen molar-refractivity contribution in [2.24, 2.45) is 7.05 Å². The largest absolute Gasteiger partial charge is 0.281 e. The molecule has 4 rings (SSSR count). The standard InChI is InChI=1S/C17H19F3N6O2S/c1-11-7-14-21-10-23-26(14)9-12(11)17(20)3-5-25(6-4-17)29(27,28)13-8-22-24(2)15(13)16(18)19/h7-10,16H,3-6H2,1-2H3. The fourth-order valence-corrected chi connectivity index (χ4v) is 5.40. The van der Waals surface area contributed by atoms with Crippen molar-refractivity contribution < 1.29 is 21.6 Å². The van der Waals surface area contributed by atoms with Gasteiger partial charge in [0.15, 0.2) is 5.65 Å². The first-order valence-corrected chi connectivity index (χ1v) is 10.4. The summed E-state index contributed by atoms with van der Waals surface area (Å²) in [5.74, 6) is 0. The third kappa shape index (κ3) is 3.19. The van der Waals surface area contributed by atoms with Gasteiger partial charge in [0, 0.05) is 31.9 Å². The molecular formula is C17H19F3N6O2S. The maximum absolute atomic E-state index is 15.8. The molecule has 29 heavy (non-hydrogen) atoms. The number of sulfonamides is 1. The van der Waals surface area contributed by atoms with Gasteiger partial charge in [0.2, 0.25) is 10.0 Å². The molecule has 0 N–H and O–H groups in total. The maximum atomic E-state index is 15.8. The number of rotatable bonds is 4. The van der Waals surface area contributed by atoms with Crippen LogP contribution in [-0.4, -0.2) is 50.2 Å². The van der Waals surface area contributed by atoms with Crippen molar-refractivity contribution >= 4 is 15.7 Å². The molecule has 0 aromatic carbocycles. The van der Waals surface area contributed by atoms with Gasteiger partial charge in [-0.15, -0.1) is 0 Å². The van der Waals surface area contributed by atoms with E-state index in [1.807, 2.05) is 0 Å². The zero-order valence-corrected chi connectivity index (χ0v) is 16.6.